The predicted molar refractivity (Wildman–Crippen MR) is 74.5 cm³/mol. The van der Waals surface area contributed by atoms with Crippen LogP contribution in [-0.4, -0.2) is 21.4 Å². The summed E-state index contributed by atoms with van der Waals surface area (Å²) in [5.74, 6) is 0. The van der Waals surface area contributed by atoms with E-state index in [1.54, 1.807) is 12.5 Å². The van der Waals surface area contributed by atoms with Crippen molar-refractivity contribution in [2.75, 3.05) is 0 Å². The molecule has 0 bridgehead atoms. The van der Waals surface area contributed by atoms with Crippen molar-refractivity contribution in [1.82, 2.24) is 9.55 Å². The van der Waals surface area contributed by atoms with Crippen LogP contribution in [0.5, 0.6) is 0 Å². The minimum atomic E-state index is 0.333. The lowest BCUT2D eigenvalue weighted by molar-refractivity contribution is 0.00605. The highest BCUT2D eigenvalue weighted by Crippen LogP contribution is 2.22. The van der Waals surface area contributed by atoms with Crippen LogP contribution in [0.3, 0.4) is 0 Å². The van der Waals surface area contributed by atoms with Crippen LogP contribution in [0.15, 0.2) is 48.1 Å². The predicted octanol–water partition coefficient (Wildman–Crippen LogP) is 3.17. The zero-order valence-electron chi connectivity index (χ0n) is 11.0. The van der Waals surface area contributed by atoms with Gasteiger partial charge < -0.3 is 9.40 Å². The Morgan fingerprint density at radius 2 is 2.11 bits per heavy atom. The summed E-state index contributed by atoms with van der Waals surface area (Å²) in [7, 11) is 0. The molecule has 1 aromatic heterocycles. The number of nitrogens with zero attached hydrogens (tertiary/aromatic N) is 3. The van der Waals surface area contributed by atoms with Crippen molar-refractivity contribution in [3.8, 4) is 5.69 Å². The lowest BCUT2D eigenvalue weighted by atomic mass is 9.97. The van der Waals surface area contributed by atoms with E-state index < -0.39 is 0 Å². The Morgan fingerprint density at radius 1 is 1.32 bits per heavy atom. The van der Waals surface area contributed by atoms with Crippen LogP contribution in [0.4, 0.5) is 0 Å². The van der Waals surface area contributed by atoms with Crippen molar-refractivity contribution in [2.45, 2.75) is 32.3 Å². The fourth-order valence-electron chi connectivity index (χ4n) is 1.97. The van der Waals surface area contributed by atoms with Crippen LogP contribution in [0, 0.1) is 0 Å². The lowest BCUT2D eigenvalue weighted by Crippen LogP contribution is -2.19. The molecule has 0 unspecified atom stereocenters. The number of imidazole rings is 1. The van der Waals surface area contributed by atoms with E-state index in [0.29, 0.717) is 6.10 Å². The summed E-state index contributed by atoms with van der Waals surface area (Å²) in [6.07, 6.45) is 9.35. The van der Waals surface area contributed by atoms with Gasteiger partial charge in [-0.05, 0) is 43.9 Å². The molecule has 0 saturated heterocycles. The molecule has 19 heavy (non-hydrogen) atoms. The molecule has 0 radical (unpaired) electrons. The second-order valence-electron chi connectivity index (χ2n) is 4.85. The topological polar surface area (TPSA) is 39.4 Å². The summed E-state index contributed by atoms with van der Waals surface area (Å²) in [5, 5.41) is 4.21. The van der Waals surface area contributed by atoms with Gasteiger partial charge in [-0.3, -0.25) is 0 Å². The molecule has 4 heteroatoms. The van der Waals surface area contributed by atoms with Gasteiger partial charge in [-0.2, -0.15) is 0 Å². The number of rotatable bonds is 4. The monoisotopic (exact) mass is 255 g/mol. The van der Waals surface area contributed by atoms with Crippen molar-refractivity contribution < 1.29 is 4.84 Å². The van der Waals surface area contributed by atoms with Gasteiger partial charge in [-0.15, -0.1) is 0 Å². The second-order valence-corrected chi connectivity index (χ2v) is 4.85. The zero-order chi connectivity index (χ0) is 13.1. The van der Waals surface area contributed by atoms with Crippen LogP contribution in [0.2, 0.25) is 0 Å². The van der Waals surface area contributed by atoms with E-state index in [4.69, 9.17) is 4.84 Å². The first-order valence-electron chi connectivity index (χ1n) is 6.62. The highest BCUT2D eigenvalue weighted by Gasteiger charge is 2.18. The van der Waals surface area contributed by atoms with Gasteiger partial charge in [0.25, 0.3) is 0 Å². The first-order chi connectivity index (χ1) is 9.33. The summed E-state index contributed by atoms with van der Waals surface area (Å²) < 4.78 is 1.97. The molecule has 0 spiro atoms. The third-order valence-electron chi connectivity index (χ3n) is 3.48. The molecule has 0 aliphatic heterocycles. The fourth-order valence-corrected chi connectivity index (χ4v) is 1.97. The molecule has 0 N–H and O–H groups in total. The smallest absolute Gasteiger partial charge is 0.127 e. The van der Waals surface area contributed by atoms with Gasteiger partial charge in [0.1, 0.15) is 6.10 Å². The van der Waals surface area contributed by atoms with Crippen molar-refractivity contribution in [3.05, 3.63) is 48.5 Å². The van der Waals surface area contributed by atoms with Crippen LogP contribution >= 0.6 is 0 Å². The molecule has 1 aliphatic carbocycles. The molecule has 1 saturated carbocycles. The molecule has 0 atom stereocenters. The van der Waals surface area contributed by atoms with Crippen LogP contribution in [0.25, 0.3) is 5.69 Å². The van der Waals surface area contributed by atoms with E-state index in [9.17, 15) is 0 Å². The third kappa shape index (κ3) is 2.67. The first kappa shape index (κ1) is 12.0. The highest BCUT2D eigenvalue weighted by atomic mass is 16.6. The average molecular weight is 255 g/mol. The summed E-state index contributed by atoms with van der Waals surface area (Å²) in [6, 6.07) is 8.22. The molecule has 1 aromatic carbocycles. The summed E-state index contributed by atoms with van der Waals surface area (Å²) in [4.78, 5) is 9.51. The van der Waals surface area contributed by atoms with E-state index in [0.717, 1.165) is 29.8 Å². The highest BCUT2D eigenvalue weighted by molar-refractivity contribution is 5.98. The number of hydrogen-bond donors (Lipinski definition) is 0. The number of benzene rings is 1. The van der Waals surface area contributed by atoms with Gasteiger partial charge >= 0.3 is 0 Å². The van der Waals surface area contributed by atoms with Crippen LogP contribution < -0.4 is 0 Å². The molecular formula is C15H17N3O. The van der Waals surface area contributed by atoms with Gasteiger partial charge in [-0.1, -0.05) is 17.3 Å². The average Bonchev–Trinajstić information content (AvgIpc) is 2.91. The van der Waals surface area contributed by atoms with E-state index in [-0.39, 0.29) is 0 Å². The zero-order valence-corrected chi connectivity index (χ0v) is 11.0. The van der Waals surface area contributed by atoms with Gasteiger partial charge in [0.15, 0.2) is 0 Å². The number of oxime groups is 1. The van der Waals surface area contributed by atoms with Crippen LogP contribution in [0.1, 0.15) is 31.7 Å². The summed E-state index contributed by atoms with van der Waals surface area (Å²) in [5.41, 5.74) is 3.10. The normalized spacial score (nSPS) is 16.2. The van der Waals surface area contributed by atoms with Gasteiger partial charge in [0.05, 0.1) is 12.0 Å². The maximum absolute atomic E-state index is 5.47. The Labute approximate surface area is 112 Å². The van der Waals surface area contributed by atoms with Crippen LogP contribution in [-0.2, 0) is 4.84 Å². The third-order valence-corrected chi connectivity index (χ3v) is 3.48. The minimum absolute atomic E-state index is 0.333. The summed E-state index contributed by atoms with van der Waals surface area (Å²) in [6.45, 7) is 1.98. The van der Waals surface area contributed by atoms with Crippen molar-refractivity contribution in [2.24, 2.45) is 5.16 Å². The van der Waals surface area contributed by atoms with Crippen molar-refractivity contribution >= 4 is 5.71 Å². The molecule has 1 fully saturated rings. The summed E-state index contributed by atoms with van der Waals surface area (Å²) >= 11 is 0. The SMILES string of the molecule is C/C(=N\OC1CCC1)c1ccc(-n2ccnc2)cc1. The lowest BCUT2D eigenvalue weighted by Gasteiger charge is -2.22. The molecular weight excluding hydrogens is 238 g/mol. The van der Waals surface area contributed by atoms with E-state index in [1.165, 1.54) is 6.42 Å². The molecule has 1 heterocycles. The van der Waals surface area contributed by atoms with E-state index in [1.807, 2.05) is 17.7 Å². The Morgan fingerprint density at radius 3 is 2.68 bits per heavy atom. The Balaban J connectivity index is 1.71. The molecule has 98 valence electrons. The standard InChI is InChI=1S/C15H17N3O/c1-12(17-19-15-3-2-4-15)13-5-7-14(8-6-13)18-10-9-16-11-18/h5-11,15H,2-4H2,1H3/b17-12+. The second kappa shape index (κ2) is 5.26. The van der Waals surface area contributed by atoms with Gasteiger partial charge in [0.2, 0.25) is 0 Å². The number of aromatic nitrogens is 2. The van der Waals surface area contributed by atoms with Crippen molar-refractivity contribution in [1.29, 1.82) is 0 Å². The fraction of sp³-hybridized carbons (Fsp3) is 0.333. The van der Waals surface area contributed by atoms with Gasteiger partial charge in [-0.25, -0.2) is 4.98 Å². The Kier molecular flexibility index (Phi) is 3.31. The largest absolute Gasteiger partial charge is 0.392 e. The molecule has 3 rings (SSSR count). The minimum Gasteiger partial charge on any atom is -0.392 e. The Hall–Kier alpha value is -2.10. The maximum Gasteiger partial charge on any atom is 0.127 e. The first-order valence-corrected chi connectivity index (χ1v) is 6.62. The Bertz CT molecular complexity index is 554. The van der Waals surface area contributed by atoms with Gasteiger partial charge in [0, 0.05) is 18.1 Å². The van der Waals surface area contributed by atoms with E-state index >= 15 is 0 Å². The van der Waals surface area contributed by atoms with Crippen molar-refractivity contribution in [3.63, 3.8) is 0 Å². The number of hydrogen-bond acceptors (Lipinski definition) is 3. The van der Waals surface area contributed by atoms with E-state index in [2.05, 4.69) is 34.4 Å². The quantitative estimate of drug-likeness (QED) is 0.622. The maximum atomic E-state index is 5.47. The molecule has 4 nitrogen and oxygen atoms in total. The molecule has 1 aliphatic rings. The molecule has 0 amide bonds. The molecule has 2 aromatic rings.